The average molecular weight is 280 g/mol. The van der Waals surface area contributed by atoms with Gasteiger partial charge in [-0.05, 0) is 0 Å². The van der Waals surface area contributed by atoms with Crippen LogP contribution in [0.4, 0.5) is 0 Å². The van der Waals surface area contributed by atoms with Crippen LogP contribution in [-0.4, -0.2) is 30.2 Å². The third kappa shape index (κ3) is 2.66. The molecule has 0 aliphatic heterocycles. The molecule has 2 rings (SSSR count). The molecule has 0 bridgehead atoms. The number of ketones is 1. The van der Waals surface area contributed by atoms with E-state index in [1.165, 1.54) is 20.3 Å². The highest BCUT2D eigenvalue weighted by Crippen LogP contribution is 2.44. The van der Waals surface area contributed by atoms with E-state index in [0.717, 1.165) is 0 Å². The summed E-state index contributed by atoms with van der Waals surface area (Å²) in [6.07, 6.45) is 0. The van der Waals surface area contributed by atoms with E-state index in [2.05, 4.69) is 10.2 Å². The molecule has 1 aromatic heterocycles. The van der Waals surface area contributed by atoms with E-state index in [4.69, 9.17) is 9.05 Å². The monoisotopic (exact) mass is 280 g/mol. The van der Waals surface area contributed by atoms with Crippen molar-refractivity contribution >= 4 is 18.8 Å². The van der Waals surface area contributed by atoms with Crippen molar-refractivity contribution in [1.82, 2.24) is 10.2 Å². The van der Waals surface area contributed by atoms with Crippen LogP contribution in [0.1, 0.15) is 16.1 Å². The van der Waals surface area contributed by atoms with E-state index in [9.17, 15) is 9.36 Å². The number of carbonyl (C=O) groups is 1. The van der Waals surface area contributed by atoms with Crippen LogP contribution in [-0.2, 0) is 13.6 Å². The zero-order chi connectivity index (χ0) is 13.9. The van der Waals surface area contributed by atoms with Gasteiger partial charge in [-0.2, -0.15) is 5.10 Å². The molecule has 7 heteroatoms. The van der Waals surface area contributed by atoms with Gasteiger partial charge in [-0.25, -0.2) is 0 Å². The van der Waals surface area contributed by atoms with Gasteiger partial charge >= 0.3 is 7.60 Å². The smallest absolute Gasteiger partial charge is 0.308 e. The van der Waals surface area contributed by atoms with Crippen LogP contribution in [0.15, 0.2) is 36.4 Å². The van der Waals surface area contributed by atoms with Gasteiger partial charge in [0.25, 0.3) is 0 Å². The molecule has 0 saturated carbocycles. The van der Waals surface area contributed by atoms with Crippen molar-refractivity contribution in [3.05, 3.63) is 47.7 Å². The highest BCUT2D eigenvalue weighted by molar-refractivity contribution is 7.61. The van der Waals surface area contributed by atoms with Crippen molar-refractivity contribution in [2.24, 2.45) is 0 Å². The molecule has 0 radical (unpaired) electrons. The summed E-state index contributed by atoms with van der Waals surface area (Å²) in [4.78, 5) is 12.1. The first-order valence-electron chi connectivity index (χ1n) is 5.48. The average Bonchev–Trinajstić information content (AvgIpc) is 2.97. The van der Waals surface area contributed by atoms with E-state index in [0.29, 0.717) is 5.56 Å². The Morgan fingerprint density at radius 1 is 1.21 bits per heavy atom. The molecule has 1 N–H and O–H groups in total. The van der Waals surface area contributed by atoms with Gasteiger partial charge in [0, 0.05) is 25.8 Å². The molecule has 0 aliphatic rings. The van der Waals surface area contributed by atoms with Crippen LogP contribution < -0.4 is 5.44 Å². The molecular formula is C12H13N2O4P. The van der Waals surface area contributed by atoms with Crippen molar-refractivity contribution in [2.75, 3.05) is 14.2 Å². The van der Waals surface area contributed by atoms with Crippen molar-refractivity contribution in [3.63, 3.8) is 0 Å². The number of carbonyl (C=O) groups excluding carboxylic acids is 1. The van der Waals surface area contributed by atoms with Crippen LogP contribution in [0.3, 0.4) is 0 Å². The minimum absolute atomic E-state index is 0.150. The predicted molar refractivity (Wildman–Crippen MR) is 69.7 cm³/mol. The van der Waals surface area contributed by atoms with Crippen molar-refractivity contribution in [2.45, 2.75) is 0 Å². The second kappa shape index (κ2) is 5.48. The Morgan fingerprint density at radius 3 is 2.42 bits per heavy atom. The molecule has 0 aliphatic carbocycles. The summed E-state index contributed by atoms with van der Waals surface area (Å²) < 4.78 is 21.7. The number of nitrogens with zero attached hydrogens (tertiary/aromatic N) is 1. The van der Waals surface area contributed by atoms with E-state index in [-0.39, 0.29) is 16.9 Å². The van der Waals surface area contributed by atoms with Gasteiger partial charge in [-0.3, -0.25) is 14.5 Å². The van der Waals surface area contributed by atoms with Crippen LogP contribution in [0.25, 0.3) is 0 Å². The molecule has 0 spiro atoms. The lowest BCUT2D eigenvalue weighted by Crippen LogP contribution is -2.08. The quantitative estimate of drug-likeness (QED) is 0.666. The summed E-state index contributed by atoms with van der Waals surface area (Å²) in [5.74, 6) is -0.262. The molecule has 0 unspecified atom stereocenters. The number of benzene rings is 1. The fourth-order valence-corrected chi connectivity index (χ4v) is 2.57. The number of aromatic amines is 1. The molecule has 100 valence electrons. The maximum atomic E-state index is 12.1. The van der Waals surface area contributed by atoms with E-state index < -0.39 is 7.60 Å². The number of aromatic nitrogens is 2. The minimum atomic E-state index is -3.41. The lowest BCUT2D eigenvalue weighted by molar-refractivity contribution is 0.103. The maximum Gasteiger partial charge on any atom is 0.378 e. The summed E-state index contributed by atoms with van der Waals surface area (Å²) in [6, 6.07) is 10.1. The second-order valence-corrected chi connectivity index (χ2v) is 5.90. The highest BCUT2D eigenvalue weighted by Gasteiger charge is 2.28. The van der Waals surface area contributed by atoms with Crippen molar-refractivity contribution in [1.29, 1.82) is 0 Å². The molecule has 19 heavy (non-hydrogen) atoms. The van der Waals surface area contributed by atoms with Gasteiger partial charge in [0.05, 0.1) is 0 Å². The summed E-state index contributed by atoms with van der Waals surface area (Å²) in [5, 5.41) is 6.36. The normalized spacial score (nSPS) is 11.5. The predicted octanol–water partition coefficient (Wildman–Crippen LogP) is 1.75. The first-order valence-corrected chi connectivity index (χ1v) is 7.02. The van der Waals surface area contributed by atoms with Crippen molar-refractivity contribution in [3.8, 4) is 0 Å². The Morgan fingerprint density at radius 2 is 1.84 bits per heavy atom. The molecule has 1 heterocycles. The van der Waals surface area contributed by atoms with Crippen LogP contribution in [0, 0.1) is 0 Å². The largest absolute Gasteiger partial charge is 0.378 e. The number of H-pyrrole nitrogens is 1. The van der Waals surface area contributed by atoms with Crippen molar-refractivity contribution < 1.29 is 18.4 Å². The zero-order valence-corrected chi connectivity index (χ0v) is 11.4. The van der Waals surface area contributed by atoms with Gasteiger partial charge in [-0.15, -0.1) is 0 Å². The third-order valence-corrected chi connectivity index (χ3v) is 4.39. The van der Waals surface area contributed by atoms with E-state index in [1.54, 1.807) is 24.3 Å². The van der Waals surface area contributed by atoms with Gasteiger partial charge in [0.2, 0.25) is 5.78 Å². The van der Waals surface area contributed by atoms with Crippen LogP contribution >= 0.6 is 7.60 Å². The number of nitrogens with one attached hydrogen (secondary N) is 1. The Hall–Kier alpha value is -1.75. The summed E-state index contributed by atoms with van der Waals surface area (Å²) in [6.45, 7) is 0. The molecule has 0 atom stereocenters. The summed E-state index contributed by atoms with van der Waals surface area (Å²) >= 11 is 0. The lowest BCUT2D eigenvalue weighted by atomic mass is 10.1. The SMILES string of the molecule is COP(=O)(OC)c1cc(C(=O)c2ccccc2)n[nH]1. The third-order valence-electron chi connectivity index (χ3n) is 2.61. The first-order chi connectivity index (χ1) is 9.10. The van der Waals surface area contributed by atoms with E-state index >= 15 is 0 Å². The molecular weight excluding hydrogens is 267 g/mol. The van der Waals surface area contributed by atoms with Crippen LogP contribution in [0.5, 0.6) is 0 Å². The standard InChI is InChI=1S/C12H13N2O4P/c1-17-19(16,18-2)11-8-10(13-14-11)12(15)9-6-4-3-5-7-9/h3-8H,1-2H3,(H,13,14). The Kier molecular flexibility index (Phi) is 3.95. The minimum Gasteiger partial charge on any atom is -0.308 e. The topological polar surface area (TPSA) is 81.3 Å². The fourth-order valence-electron chi connectivity index (χ4n) is 1.58. The molecule has 6 nitrogen and oxygen atoms in total. The first kappa shape index (κ1) is 13.7. The zero-order valence-electron chi connectivity index (χ0n) is 10.5. The number of hydrogen-bond donors (Lipinski definition) is 1. The number of hydrogen-bond acceptors (Lipinski definition) is 5. The van der Waals surface area contributed by atoms with Gasteiger partial charge < -0.3 is 9.05 Å². The highest BCUT2D eigenvalue weighted by atomic mass is 31.2. The Balaban J connectivity index is 2.32. The maximum absolute atomic E-state index is 12.1. The van der Waals surface area contributed by atoms with E-state index in [1.807, 2.05) is 6.07 Å². The fraction of sp³-hybridized carbons (Fsp3) is 0.167. The molecule has 0 fully saturated rings. The lowest BCUT2D eigenvalue weighted by Gasteiger charge is -2.09. The molecule has 0 saturated heterocycles. The summed E-state index contributed by atoms with van der Waals surface area (Å²) in [5.41, 5.74) is 0.817. The van der Waals surface area contributed by atoms with Gasteiger partial charge in [0.1, 0.15) is 11.1 Å². The molecule has 2 aromatic rings. The molecule has 1 aromatic carbocycles. The molecule has 0 amide bonds. The Labute approximate surface area is 110 Å². The number of rotatable bonds is 5. The second-order valence-electron chi connectivity index (χ2n) is 3.70. The van der Waals surface area contributed by atoms with Crippen LogP contribution in [0.2, 0.25) is 0 Å². The van der Waals surface area contributed by atoms with Gasteiger partial charge in [0.15, 0.2) is 0 Å². The van der Waals surface area contributed by atoms with Gasteiger partial charge in [-0.1, -0.05) is 30.3 Å². The Bertz CT molecular complexity index is 616. The summed E-state index contributed by atoms with van der Waals surface area (Å²) in [7, 11) is -0.879.